The molecule has 1 unspecified atom stereocenters. The fraction of sp³-hybridized carbons (Fsp3) is 0.474. The number of nitrogens with two attached hydrogens (primary N) is 1. The highest BCUT2D eigenvalue weighted by molar-refractivity contribution is 6.32. The van der Waals surface area contributed by atoms with E-state index in [-0.39, 0.29) is 35.9 Å². The summed E-state index contributed by atoms with van der Waals surface area (Å²) in [6, 6.07) is 5.76. The molecule has 0 radical (unpaired) electrons. The van der Waals surface area contributed by atoms with Gasteiger partial charge in [0.1, 0.15) is 12.4 Å². The molecule has 0 saturated carbocycles. The van der Waals surface area contributed by atoms with Crippen LogP contribution < -0.4 is 5.73 Å². The van der Waals surface area contributed by atoms with Crippen molar-refractivity contribution in [2.45, 2.75) is 38.5 Å². The molecule has 1 aromatic heterocycles. The maximum atomic E-state index is 13.1. The number of alkyl halides is 3. The van der Waals surface area contributed by atoms with Crippen LogP contribution in [0.25, 0.3) is 0 Å². The van der Waals surface area contributed by atoms with Crippen LogP contribution in [0.1, 0.15) is 35.8 Å². The van der Waals surface area contributed by atoms with E-state index in [1.54, 1.807) is 17.0 Å². The summed E-state index contributed by atoms with van der Waals surface area (Å²) < 4.78 is 52.8. The van der Waals surface area contributed by atoms with Crippen LogP contribution in [0.5, 0.6) is 0 Å². The van der Waals surface area contributed by atoms with Crippen molar-refractivity contribution < 1.29 is 22.4 Å². The maximum absolute atomic E-state index is 13.1. The minimum Gasteiger partial charge on any atom is -0.341 e. The van der Waals surface area contributed by atoms with Crippen molar-refractivity contribution in [3.8, 4) is 0 Å². The molecular formula is C19H21ClF4N4O. The summed E-state index contributed by atoms with van der Waals surface area (Å²) in [5.41, 5.74) is 6.03. The molecule has 5 nitrogen and oxygen atoms in total. The lowest BCUT2D eigenvalue weighted by atomic mass is 9.86. The molecule has 1 aliphatic heterocycles. The summed E-state index contributed by atoms with van der Waals surface area (Å²) in [5.74, 6) is -0.527. The number of aromatic nitrogens is 2. The number of hydrogen-bond acceptors (Lipinski definition) is 3. The van der Waals surface area contributed by atoms with Crippen molar-refractivity contribution >= 4 is 17.5 Å². The van der Waals surface area contributed by atoms with Gasteiger partial charge >= 0.3 is 6.18 Å². The summed E-state index contributed by atoms with van der Waals surface area (Å²) in [5, 5.41) is 2.98. The zero-order valence-electron chi connectivity index (χ0n) is 15.7. The van der Waals surface area contributed by atoms with Crippen LogP contribution in [-0.2, 0) is 17.5 Å². The first kappa shape index (κ1) is 21.6. The zero-order valence-corrected chi connectivity index (χ0v) is 16.5. The van der Waals surface area contributed by atoms with E-state index in [4.69, 9.17) is 17.3 Å². The van der Waals surface area contributed by atoms with E-state index in [9.17, 15) is 22.4 Å². The SMILES string of the molecule is Cc1c(Cl)c(C(F)(F)F)nn1CC(=O)N1CCC(C(N)c2ccc(F)cc2)CC1. The molecule has 10 heteroatoms. The Balaban J connectivity index is 1.60. The predicted octanol–water partition coefficient (Wildman–Crippen LogP) is 3.94. The highest BCUT2D eigenvalue weighted by Gasteiger charge is 2.38. The minimum absolute atomic E-state index is 0.0977. The second-order valence-electron chi connectivity index (χ2n) is 7.20. The van der Waals surface area contributed by atoms with Crippen molar-refractivity contribution in [1.29, 1.82) is 0 Å². The molecule has 29 heavy (non-hydrogen) atoms. The maximum Gasteiger partial charge on any atom is 0.436 e. The highest BCUT2D eigenvalue weighted by atomic mass is 35.5. The Morgan fingerprint density at radius 1 is 1.28 bits per heavy atom. The number of benzene rings is 1. The second kappa shape index (κ2) is 8.31. The largest absolute Gasteiger partial charge is 0.436 e. The summed E-state index contributed by atoms with van der Waals surface area (Å²) in [4.78, 5) is 14.1. The number of nitrogens with zero attached hydrogens (tertiary/aromatic N) is 3. The Kier molecular flexibility index (Phi) is 6.19. The Morgan fingerprint density at radius 3 is 2.38 bits per heavy atom. The summed E-state index contributed by atoms with van der Waals surface area (Å²) in [7, 11) is 0. The molecule has 1 amide bonds. The first-order chi connectivity index (χ1) is 13.6. The molecule has 0 bridgehead atoms. The molecule has 1 atom stereocenters. The van der Waals surface area contributed by atoms with E-state index in [2.05, 4.69) is 5.10 Å². The second-order valence-corrected chi connectivity index (χ2v) is 7.58. The Bertz CT molecular complexity index is 874. The topological polar surface area (TPSA) is 64.2 Å². The lowest BCUT2D eigenvalue weighted by molar-refractivity contribution is -0.142. The number of piperidine rings is 1. The monoisotopic (exact) mass is 432 g/mol. The van der Waals surface area contributed by atoms with E-state index in [1.165, 1.54) is 19.1 Å². The molecule has 158 valence electrons. The van der Waals surface area contributed by atoms with E-state index in [0.717, 1.165) is 10.2 Å². The Hall–Kier alpha value is -2.13. The third-order valence-corrected chi connectivity index (χ3v) is 5.79. The third-order valence-electron chi connectivity index (χ3n) is 5.34. The summed E-state index contributed by atoms with van der Waals surface area (Å²) >= 11 is 5.72. The first-order valence-corrected chi connectivity index (χ1v) is 9.54. The van der Waals surface area contributed by atoms with Crippen LogP contribution in [-0.4, -0.2) is 33.7 Å². The van der Waals surface area contributed by atoms with E-state index >= 15 is 0 Å². The van der Waals surface area contributed by atoms with Gasteiger partial charge in [0.15, 0.2) is 5.69 Å². The number of hydrogen-bond donors (Lipinski definition) is 1. The number of halogens is 5. The van der Waals surface area contributed by atoms with Crippen LogP contribution in [0.15, 0.2) is 24.3 Å². The van der Waals surface area contributed by atoms with Crippen LogP contribution >= 0.6 is 11.6 Å². The van der Waals surface area contributed by atoms with Crippen molar-refractivity contribution in [2.24, 2.45) is 11.7 Å². The first-order valence-electron chi connectivity index (χ1n) is 9.17. The molecule has 0 spiro atoms. The van der Waals surface area contributed by atoms with Crippen molar-refractivity contribution in [3.63, 3.8) is 0 Å². The van der Waals surface area contributed by atoms with Gasteiger partial charge in [-0.05, 0) is 43.4 Å². The lowest BCUT2D eigenvalue weighted by Gasteiger charge is -2.35. The summed E-state index contributed by atoms with van der Waals surface area (Å²) in [6.07, 6.45) is -3.38. The van der Waals surface area contributed by atoms with Gasteiger partial charge in [0, 0.05) is 19.1 Å². The number of rotatable bonds is 4. The number of carbonyl (C=O) groups excluding carboxylic acids is 1. The zero-order chi connectivity index (χ0) is 21.3. The average Bonchev–Trinajstić information content (AvgIpc) is 2.97. The van der Waals surface area contributed by atoms with Crippen molar-refractivity contribution in [2.75, 3.05) is 13.1 Å². The van der Waals surface area contributed by atoms with Crippen LogP contribution in [0.3, 0.4) is 0 Å². The molecule has 1 saturated heterocycles. The van der Waals surface area contributed by atoms with Gasteiger partial charge in [-0.25, -0.2) is 4.39 Å². The number of amides is 1. The minimum atomic E-state index is -4.68. The van der Waals surface area contributed by atoms with Crippen LogP contribution in [0, 0.1) is 18.7 Å². The standard InChI is InChI=1S/C19H21ClF4N4O/c1-11-16(20)18(19(22,23)24)26-28(11)10-15(29)27-8-6-13(7-9-27)17(25)12-2-4-14(21)5-3-12/h2-5,13,17H,6-10,25H2,1H3. The fourth-order valence-electron chi connectivity index (χ4n) is 3.55. The smallest absolute Gasteiger partial charge is 0.341 e. The van der Waals surface area contributed by atoms with Crippen molar-refractivity contribution in [1.82, 2.24) is 14.7 Å². The van der Waals surface area contributed by atoms with Gasteiger partial charge in [-0.15, -0.1) is 0 Å². The molecule has 0 aliphatic carbocycles. The van der Waals surface area contributed by atoms with E-state index in [1.807, 2.05) is 0 Å². The normalized spacial score (nSPS) is 16.9. The molecular weight excluding hydrogens is 412 g/mol. The van der Waals surface area contributed by atoms with Gasteiger partial charge in [-0.3, -0.25) is 9.48 Å². The molecule has 1 aromatic carbocycles. The highest BCUT2D eigenvalue weighted by Crippen LogP contribution is 2.35. The quantitative estimate of drug-likeness (QED) is 0.744. The number of likely N-dealkylation sites (tertiary alicyclic amines) is 1. The molecule has 2 N–H and O–H groups in total. The van der Waals surface area contributed by atoms with Gasteiger partial charge in [0.25, 0.3) is 0 Å². The molecule has 3 rings (SSSR count). The van der Waals surface area contributed by atoms with Gasteiger partial charge in [0.05, 0.1) is 10.7 Å². The number of carbonyl (C=O) groups is 1. The van der Waals surface area contributed by atoms with Crippen LogP contribution in [0.4, 0.5) is 17.6 Å². The van der Waals surface area contributed by atoms with Gasteiger partial charge in [-0.2, -0.15) is 18.3 Å². The van der Waals surface area contributed by atoms with Crippen LogP contribution in [0.2, 0.25) is 5.02 Å². The summed E-state index contributed by atoms with van der Waals surface area (Å²) in [6.45, 7) is 1.97. The van der Waals surface area contributed by atoms with E-state index in [0.29, 0.717) is 25.9 Å². The van der Waals surface area contributed by atoms with Crippen molar-refractivity contribution in [3.05, 3.63) is 52.1 Å². The molecule has 1 aliphatic rings. The fourth-order valence-corrected chi connectivity index (χ4v) is 3.80. The predicted molar refractivity (Wildman–Crippen MR) is 99.6 cm³/mol. The lowest BCUT2D eigenvalue weighted by Crippen LogP contribution is -2.42. The van der Waals surface area contributed by atoms with Gasteiger partial charge in [-0.1, -0.05) is 23.7 Å². The van der Waals surface area contributed by atoms with E-state index < -0.39 is 16.9 Å². The Morgan fingerprint density at radius 2 is 1.86 bits per heavy atom. The average molecular weight is 433 g/mol. The van der Waals surface area contributed by atoms with Gasteiger partial charge < -0.3 is 10.6 Å². The molecule has 2 aromatic rings. The Labute approximate surface area is 170 Å². The third kappa shape index (κ3) is 4.72. The van der Waals surface area contributed by atoms with Gasteiger partial charge in [0.2, 0.25) is 5.91 Å². The molecule has 2 heterocycles. The molecule has 1 fully saturated rings.